The number of aliphatic imine (C=N–C) groups is 1. The highest BCUT2D eigenvalue weighted by atomic mass is 16.3. The maximum absolute atomic E-state index is 9.57. The number of nitrogens with zero attached hydrogens (tertiary/aromatic N) is 1. The highest BCUT2D eigenvalue weighted by molar-refractivity contribution is 5.72. The molecular weight excluding hydrogens is 248 g/mol. The summed E-state index contributed by atoms with van der Waals surface area (Å²) in [6, 6.07) is 0. The van der Waals surface area contributed by atoms with Gasteiger partial charge in [-0.15, -0.1) is 12.3 Å². The van der Waals surface area contributed by atoms with Crippen LogP contribution in [-0.2, 0) is 0 Å². The number of allylic oxidation sites excluding steroid dienone is 8. The second kappa shape index (κ2) is 9.46. The van der Waals surface area contributed by atoms with E-state index in [1.807, 2.05) is 30.4 Å². The van der Waals surface area contributed by atoms with Crippen LogP contribution in [0.15, 0.2) is 64.6 Å². The molecule has 20 heavy (non-hydrogen) atoms. The highest BCUT2D eigenvalue weighted by Gasteiger charge is 1.97. The normalized spacial score (nSPS) is 15.9. The van der Waals surface area contributed by atoms with E-state index in [0.29, 0.717) is 13.0 Å². The van der Waals surface area contributed by atoms with Gasteiger partial charge in [0.05, 0.1) is 0 Å². The quantitative estimate of drug-likeness (QED) is 0.336. The number of nitrogens with one attached hydrogen (secondary N) is 1. The SMILES string of the molecule is C#CCCNC(/C=C/C1=CC(O)=CC=CC1)=C/C=N\C. The fourth-order valence-corrected chi connectivity index (χ4v) is 1.59. The molecule has 0 unspecified atom stereocenters. The summed E-state index contributed by atoms with van der Waals surface area (Å²) in [4.78, 5) is 3.94. The summed E-state index contributed by atoms with van der Waals surface area (Å²) >= 11 is 0. The lowest BCUT2D eigenvalue weighted by molar-refractivity contribution is 0.432. The Balaban J connectivity index is 2.73. The second-order valence-corrected chi connectivity index (χ2v) is 4.19. The first-order valence-electron chi connectivity index (χ1n) is 6.50. The summed E-state index contributed by atoms with van der Waals surface area (Å²) in [6.07, 6.45) is 21.5. The summed E-state index contributed by atoms with van der Waals surface area (Å²) in [5.41, 5.74) is 1.97. The minimum Gasteiger partial charge on any atom is -0.508 e. The van der Waals surface area contributed by atoms with Crippen LogP contribution in [0.2, 0.25) is 0 Å². The van der Waals surface area contributed by atoms with E-state index in [4.69, 9.17) is 6.42 Å². The molecule has 104 valence electrons. The van der Waals surface area contributed by atoms with Crippen molar-refractivity contribution in [3.05, 3.63) is 59.6 Å². The van der Waals surface area contributed by atoms with Crippen LogP contribution in [-0.4, -0.2) is 24.9 Å². The van der Waals surface area contributed by atoms with Crippen molar-refractivity contribution in [2.75, 3.05) is 13.6 Å². The summed E-state index contributed by atoms with van der Waals surface area (Å²) in [7, 11) is 1.72. The van der Waals surface area contributed by atoms with Gasteiger partial charge < -0.3 is 10.4 Å². The molecule has 1 rings (SSSR count). The third kappa shape index (κ3) is 6.46. The Labute approximate surface area is 120 Å². The van der Waals surface area contributed by atoms with Crippen molar-refractivity contribution in [3.63, 3.8) is 0 Å². The average Bonchev–Trinajstić information content (AvgIpc) is 2.65. The van der Waals surface area contributed by atoms with Gasteiger partial charge in [0.2, 0.25) is 0 Å². The van der Waals surface area contributed by atoms with Crippen LogP contribution >= 0.6 is 0 Å². The zero-order valence-corrected chi connectivity index (χ0v) is 11.7. The number of rotatable bonds is 6. The molecule has 0 aromatic heterocycles. The molecule has 2 N–H and O–H groups in total. The smallest absolute Gasteiger partial charge is 0.115 e. The molecule has 0 fully saturated rings. The van der Waals surface area contributed by atoms with Crippen molar-refractivity contribution in [1.82, 2.24) is 5.32 Å². The minimum absolute atomic E-state index is 0.263. The van der Waals surface area contributed by atoms with Gasteiger partial charge in [-0.1, -0.05) is 18.2 Å². The Hall–Kier alpha value is -2.47. The van der Waals surface area contributed by atoms with Gasteiger partial charge in [0.1, 0.15) is 5.76 Å². The largest absolute Gasteiger partial charge is 0.508 e. The Morgan fingerprint density at radius 2 is 2.45 bits per heavy atom. The molecule has 0 saturated carbocycles. The van der Waals surface area contributed by atoms with E-state index >= 15 is 0 Å². The lowest BCUT2D eigenvalue weighted by Gasteiger charge is -2.05. The summed E-state index contributed by atoms with van der Waals surface area (Å²) in [5, 5.41) is 12.8. The summed E-state index contributed by atoms with van der Waals surface area (Å²) < 4.78 is 0. The molecule has 3 nitrogen and oxygen atoms in total. The summed E-state index contributed by atoms with van der Waals surface area (Å²) in [6.45, 7) is 0.717. The van der Waals surface area contributed by atoms with E-state index < -0.39 is 0 Å². The average molecular weight is 268 g/mol. The molecule has 3 heteroatoms. The Bertz CT molecular complexity index is 526. The minimum atomic E-state index is 0.263. The lowest BCUT2D eigenvalue weighted by Crippen LogP contribution is -2.13. The van der Waals surface area contributed by atoms with Crippen molar-refractivity contribution >= 4 is 6.21 Å². The Morgan fingerprint density at radius 1 is 1.60 bits per heavy atom. The van der Waals surface area contributed by atoms with E-state index in [9.17, 15) is 5.11 Å². The van der Waals surface area contributed by atoms with E-state index in [2.05, 4.69) is 16.2 Å². The standard InChI is InChI=1S/C17H20N2O/c1-3-4-12-19-16(11-13-18-2)10-9-15-7-5-6-8-17(20)14-15/h1,5-6,8-11,13-14,19-20H,4,7,12H2,2H3/b10-9+,16-11+,18-13-. The predicted molar refractivity (Wildman–Crippen MR) is 85.6 cm³/mol. The first-order chi connectivity index (χ1) is 9.76. The van der Waals surface area contributed by atoms with Gasteiger partial charge in [0.25, 0.3) is 0 Å². The molecule has 0 aliphatic heterocycles. The predicted octanol–water partition coefficient (Wildman–Crippen LogP) is 3.07. The fourth-order valence-electron chi connectivity index (χ4n) is 1.59. The third-order valence-corrected chi connectivity index (χ3v) is 2.57. The molecule has 0 radical (unpaired) electrons. The van der Waals surface area contributed by atoms with Gasteiger partial charge in [-0.3, -0.25) is 4.99 Å². The summed E-state index contributed by atoms with van der Waals surface area (Å²) in [5.74, 6) is 2.85. The van der Waals surface area contributed by atoms with Crippen LogP contribution in [0.25, 0.3) is 0 Å². The van der Waals surface area contributed by atoms with Crippen molar-refractivity contribution < 1.29 is 5.11 Å². The lowest BCUT2D eigenvalue weighted by atomic mass is 10.1. The van der Waals surface area contributed by atoms with E-state index in [0.717, 1.165) is 17.7 Å². The molecule has 0 saturated heterocycles. The number of terminal acetylenes is 1. The Kier molecular flexibility index (Phi) is 7.37. The molecule has 0 amide bonds. The van der Waals surface area contributed by atoms with Crippen LogP contribution in [0.3, 0.4) is 0 Å². The topological polar surface area (TPSA) is 44.6 Å². The third-order valence-electron chi connectivity index (χ3n) is 2.57. The molecule has 0 aromatic carbocycles. The molecular formula is C17H20N2O. The zero-order chi connectivity index (χ0) is 14.6. The van der Waals surface area contributed by atoms with Crippen molar-refractivity contribution in [2.45, 2.75) is 12.8 Å². The molecule has 0 heterocycles. The number of aliphatic hydroxyl groups is 1. The van der Waals surface area contributed by atoms with Gasteiger partial charge in [0.15, 0.2) is 0 Å². The van der Waals surface area contributed by atoms with Crippen molar-refractivity contribution in [3.8, 4) is 12.3 Å². The fraction of sp³-hybridized carbons (Fsp3) is 0.235. The number of hydrogen-bond acceptors (Lipinski definition) is 3. The van der Waals surface area contributed by atoms with Crippen molar-refractivity contribution in [2.24, 2.45) is 4.99 Å². The van der Waals surface area contributed by atoms with Crippen LogP contribution in [0.5, 0.6) is 0 Å². The number of aliphatic hydroxyl groups excluding tert-OH is 1. The van der Waals surface area contributed by atoms with Gasteiger partial charge in [-0.25, -0.2) is 0 Å². The van der Waals surface area contributed by atoms with Crippen molar-refractivity contribution in [1.29, 1.82) is 0 Å². The maximum Gasteiger partial charge on any atom is 0.115 e. The van der Waals surface area contributed by atoms with E-state index in [1.54, 1.807) is 25.4 Å². The highest BCUT2D eigenvalue weighted by Crippen LogP contribution is 2.12. The Morgan fingerprint density at radius 3 is 3.20 bits per heavy atom. The van der Waals surface area contributed by atoms with E-state index in [-0.39, 0.29) is 5.76 Å². The van der Waals surface area contributed by atoms with Gasteiger partial charge in [0, 0.05) is 31.9 Å². The maximum atomic E-state index is 9.57. The molecule has 1 aliphatic carbocycles. The molecule has 0 atom stereocenters. The molecule has 1 aliphatic rings. The van der Waals surface area contributed by atoms with Crippen LogP contribution in [0.1, 0.15) is 12.8 Å². The van der Waals surface area contributed by atoms with Gasteiger partial charge >= 0.3 is 0 Å². The van der Waals surface area contributed by atoms with Crippen LogP contribution in [0.4, 0.5) is 0 Å². The van der Waals surface area contributed by atoms with Gasteiger partial charge in [-0.05, 0) is 36.3 Å². The number of hydrogen-bond donors (Lipinski definition) is 2. The second-order valence-electron chi connectivity index (χ2n) is 4.19. The molecule has 0 aromatic rings. The van der Waals surface area contributed by atoms with Crippen LogP contribution in [0, 0.1) is 12.3 Å². The van der Waals surface area contributed by atoms with Crippen LogP contribution < -0.4 is 5.32 Å². The van der Waals surface area contributed by atoms with Gasteiger partial charge in [-0.2, -0.15) is 0 Å². The first-order valence-corrected chi connectivity index (χ1v) is 6.50. The monoisotopic (exact) mass is 268 g/mol. The van der Waals surface area contributed by atoms with E-state index in [1.165, 1.54) is 0 Å². The first kappa shape index (κ1) is 15.6. The zero-order valence-electron chi connectivity index (χ0n) is 11.7. The molecule has 0 spiro atoms. The molecule has 0 bridgehead atoms.